The van der Waals surface area contributed by atoms with Gasteiger partial charge in [-0.2, -0.15) is 0 Å². The van der Waals surface area contributed by atoms with Gasteiger partial charge in [-0.1, -0.05) is 42.5 Å². The number of amides is 2. The van der Waals surface area contributed by atoms with Gasteiger partial charge in [-0.25, -0.2) is 0 Å². The van der Waals surface area contributed by atoms with Gasteiger partial charge in [0, 0.05) is 6.54 Å². The fraction of sp³-hybridized carbons (Fsp3) is 0.333. The highest BCUT2D eigenvalue weighted by Crippen LogP contribution is 2.22. The molecule has 0 bridgehead atoms. The van der Waals surface area contributed by atoms with Crippen molar-refractivity contribution in [2.75, 3.05) is 25.5 Å². The SMILES string of the molecule is COc1ccccc1NCC(=O)NNC(=O)C1CCCN1Cc1ccccc1. The number of nitrogens with zero attached hydrogens (tertiary/aromatic N) is 1. The van der Waals surface area contributed by atoms with E-state index < -0.39 is 0 Å². The van der Waals surface area contributed by atoms with Gasteiger partial charge < -0.3 is 10.1 Å². The van der Waals surface area contributed by atoms with Crippen LogP contribution < -0.4 is 20.9 Å². The molecule has 1 unspecified atom stereocenters. The molecule has 1 fully saturated rings. The molecule has 0 radical (unpaired) electrons. The molecule has 0 saturated carbocycles. The Morgan fingerprint density at radius 2 is 1.82 bits per heavy atom. The number of likely N-dealkylation sites (tertiary alicyclic amines) is 1. The molecule has 0 aliphatic carbocycles. The van der Waals surface area contributed by atoms with Crippen molar-refractivity contribution in [2.24, 2.45) is 0 Å². The predicted octanol–water partition coefficient (Wildman–Crippen LogP) is 1.92. The zero-order valence-corrected chi connectivity index (χ0v) is 16.0. The number of methoxy groups -OCH3 is 1. The molecule has 7 heteroatoms. The van der Waals surface area contributed by atoms with Gasteiger partial charge >= 0.3 is 0 Å². The van der Waals surface area contributed by atoms with Crippen LogP contribution >= 0.6 is 0 Å². The third-order valence-electron chi connectivity index (χ3n) is 4.77. The molecule has 1 aliphatic heterocycles. The van der Waals surface area contributed by atoms with Crippen LogP contribution in [0.4, 0.5) is 5.69 Å². The van der Waals surface area contributed by atoms with Crippen molar-refractivity contribution >= 4 is 17.5 Å². The number of nitrogens with one attached hydrogen (secondary N) is 3. The minimum absolute atomic E-state index is 0.0268. The molecule has 7 nitrogen and oxygen atoms in total. The van der Waals surface area contributed by atoms with Gasteiger partial charge in [-0.3, -0.25) is 25.3 Å². The smallest absolute Gasteiger partial charge is 0.257 e. The van der Waals surface area contributed by atoms with Crippen molar-refractivity contribution in [3.8, 4) is 5.75 Å². The maximum absolute atomic E-state index is 12.5. The average Bonchev–Trinajstić information content (AvgIpc) is 3.19. The number of ether oxygens (including phenoxy) is 1. The zero-order valence-electron chi connectivity index (χ0n) is 16.0. The summed E-state index contributed by atoms with van der Waals surface area (Å²) >= 11 is 0. The fourth-order valence-corrected chi connectivity index (χ4v) is 3.36. The largest absolute Gasteiger partial charge is 0.495 e. The molecule has 1 saturated heterocycles. The number of benzene rings is 2. The minimum Gasteiger partial charge on any atom is -0.495 e. The molecule has 0 aromatic heterocycles. The maximum Gasteiger partial charge on any atom is 0.257 e. The molecule has 3 rings (SSSR count). The third-order valence-corrected chi connectivity index (χ3v) is 4.77. The van der Waals surface area contributed by atoms with Crippen molar-refractivity contribution in [1.29, 1.82) is 0 Å². The normalized spacial score (nSPS) is 16.4. The van der Waals surface area contributed by atoms with E-state index in [0.29, 0.717) is 5.75 Å². The summed E-state index contributed by atoms with van der Waals surface area (Å²) in [7, 11) is 1.57. The first-order valence-electron chi connectivity index (χ1n) is 9.41. The Hall–Kier alpha value is -3.06. The van der Waals surface area contributed by atoms with E-state index in [1.54, 1.807) is 7.11 Å². The number of hydrogen-bond donors (Lipinski definition) is 3. The summed E-state index contributed by atoms with van der Waals surface area (Å²) in [5.74, 6) is 0.146. The van der Waals surface area contributed by atoms with Gasteiger partial charge in [0.05, 0.1) is 25.4 Å². The maximum atomic E-state index is 12.5. The number of para-hydroxylation sites is 2. The molecular weight excluding hydrogens is 356 g/mol. The topological polar surface area (TPSA) is 82.7 Å². The molecule has 0 spiro atoms. The van der Waals surface area contributed by atoms with E-state index in [1.807, 2.05) is 42.5 Å². The summed E-state index contributed by atoms with van der Waals surface area (Å²) in [6.45, 7) is 1.62. The Kier molecular flexibility index (Phi) is 6.86. The summed E-state index contributed by atoms with van der Waals surface area (Å²) in [5, 5.41) is 3.00. The van der Waals surface area contributed by atoms with E-state index in [0.717, 1.165) is 31.6 Å². The number of anilines is 1. The van der Waals surface area contributed by atoms with Crippen molar-refractivity contribution in [1.82, 2.24) is 15.8 Å². The lowest BCUT2D eigenvalue weighted by Crippen LogP contribution is -2.51. The van der Waals surface area contributed by atoms with E-state index >= 15 is 0 Å². The zero-order chi connectivity index (χ0) is 19.8. The lowest BCUT2D eigenvalue weighted by atomic mass is 10.2. The Morgan fingerprint density at radius 3 is 2.61 bits per heavy atom. The Bertz CT molecular complexity index is 797. The second kappa shape index (κ2) is 9.75. The van der Waals surface area contributed by atoms with Gasteiger partial charge in [0.2, 0.25) is 0 Å². The summed E-state index contributed by atoms with van der Waals surface area (Å²) < 4.78 is 5.23. The van der Waals surface area contributed by atoms with Gasteiger partial charge in [0.25, 0.3) is 11.8 Å². The number of hydrazine groups is 1. The van der Waals surface area contributed by atoms with Crippen LogP contribution in [0.25, 0.3) is 0 Å². The molecule has 28 heavy (non-hydrogen) atoms. The van der Waals surface area contributed by atoms with E-state index in [-0.39, 0.29) is 24.4 Å². The lowest BCUT2D eigenvalue weighted by Gasteiger charge is -2.23. The second-order valence-corrected chi connectivity index (χ2v) is 6.71. The van der Waals surface area contributed by atoms with E-state index in [9.17, 15) is 9.59 Å². The summed E-state index contributed by atoms with van der Waals surface area (Å²) in [4.78, 5) is 26.7. The van der Waals surface area contributed by atoms with Crippen LogP contribution in [-0.2, 0) is 16.1 Å². The molecule has 1 aliphatic rings. The van der Waals surface area contributed by atoms with Crippen molar-refractivity contribution < 1.29 is 14.3 Å². The van der Waals surface area contributed by atoms with Crippen LogP contribution in [0.2, 0.25) is 0 Å². The van der Waals surface area contributed by atoms with Crippen LogP contribution in [0.15, 0.2) is 54.6 Å². The molecule has 2 aromatic rings. The molecule has 2 amide bonds. The van der Waals surface area contributed by atoms with E-state index in [1.165, 1.54) is 5.56 Å². The first-order valence-corrected chi connectivity index (χ1v) is 9.41. The molecule has 148 valence electrons. The molecule has 2 aromatic carbocycles. The summed E-state index contributed by atoms with van der Waals surface area (Å²) in [5.41, 5.74) is 6.93. The van der Waals surface area contributed by atoms with Crippen molar-refractivity contribution in [2.45, 2.75) is 25.4 Å². The summed E-state index contributed by atoms with van der Waals surface area (Å²) in [6, 6.07) is 17.2. The van der Waals surface area contributed by atoms with Crippen LogP contribution in [0.5, 0.6) is 5.75 Å². The van der Waals surface area contributed by atoms with E-state index in [2.05, 4.69) is 33.2 Å². The number of hydrogen-bond acceptors (Lipinski definition) is 5. The standard InChI is InChI=1S/C21H26N4O3/c1-28-19-12-6-5-10-17(19)22-14-20(26)23-24-21(27)18-11-7-13-25(18)15-16-8-3-2-4-9-16/h2-6,8-10,12,18,22H,7,11,13-15H2,1H3,(H,23,26)(H,24,27). The Morgan fingerprint density at radius 1 is 1.07 bits per heavy atom. The molecular formula is C21H26N4O3. The molecule has 3 N–H and O–H groups in total. The second-order valence-electron chi connectivity index (χ2n) is 6.71. The number of carbonyl (C=O) groups excluding carboxylic acids is 2. The van der Waals surface area contributed by atoms with Crippen LogP contribution in [-0.4, -0.2) is 43.0 Å². The van der Waals surface area contributed by atoms with Crippen molar-refractivity contribution in [3.63, 3.8) is 0 Å². The highest BCUT2D eigenvalue weighted by atomic mass is 16.5. The molecule has 1 atom stereocenters. The predicted molar refractivity (Wildman–Crippen MR) is 108 cm³/mol. The van der Waals surface area contributed by atoms with Crippen LogP contribution in [0.1, 0.15) is 18.4 Å². The highest BCUT2D eigenvalue weighted by Gasteiger charge is 2.30. The minimum atomic E-state index is -0.327. The number of carbonyl (C=O) groups is 2. The highest BCUT2D eigenvalue weighted by molar-refractivity contribution is 5.87. The quantitative estimate of drug-likeness (QED) is 0.638. The first-order chi connectivity index (χ1) is 13.7. The van der Waals surface area contributed by atoms with Gasteiger partial charge in [0.15, 0.2) is 0 Å². The molecule has 1 heterocycles. The van der Waals surface area contributed by atoms with Crippen LogP contribution in [0, 0.1) is 0 Å². The van der Waals surface area contributed by atoms with E-state index in [4.69, 9.17) is 4.74 Å². The van der Waals surface area contributed by atoms with Gasteiger partial charge in [-0.15, -0.1) is 0 Å². The summed E-state index contributed by atoms with van der Waals surface area (Å²) in [6.07, 6.45) is 1.75. The Balaban J connectivity index is 1.45. The Labute approximate surface area is 165 Å². The van der Waals surface area contributed by atoms with Crippen LogP contribution in [0.3, 0.4) is 0 Å². The number of rotatable bonds is 7. The first kappa shape index (κ1) is 19.7. The lowest BCUT2D eigenvalue weighted by molar-refractivity contribution is -0.131. The average molecular weight is 382 g/mol. The van der Waals surface area contributed by atoms with Crippen molar-refractivity contribution in [3.05, 3.63) is 60.2 Å². The monoisotopic (exact) mass is 382 g/mol. The fourth-order valence-electron chi connectivity index (χ4n) is 3.36. The van der Waals surface area contributed by atoms with Gasteiger partial charge in [0.1, 0.15) is 5.75 Å². The van der Waals surface area contributed by atoms with Gasteiger partial charge in [-0.05, 0) is 37.1 Å². The third kappa shape index (κ3) is 5.23.